The number of ether oxygens (including phenoxy) is 1. The number of anilines is 1. The molecule has 5 rings (SSSR count). The van der Waals surface area contributed by atoms with Crippen LogP contribution >= 0.6 is 0 Å². The molecule has 9 heteroatoms. The maximum atomic E-state index is 14.5. The van der Waals surface area contributed by atoms with Gasteiger partial charge in [-0.2, -0.15) is 5.10 Å². The highest BCUT2D eigenvalue weighted by Crippen LogP contribution is 2.28. The summed E-state index contributed by atoms with van der Waals surface area (Å²) in [6, 6.07) is 5.39. The van der Waals surface area contributed by atoms with Gasteiger partial charge in [0, 0.05) is 31.5 Å². The lowest BCUT2D eigenvalue weighted by atomic mass is 9.99. The Morgan fingerprint density at radius 3 is 2.77 bits per heavy atom. The SMILES string of the molecule is COC1CN(C)CCC1Nc1cncc(-n2cc(-c3cc(C(=O)NC4CC4)c(F)cc3C)cn2)c1. The quantitative estimate of drug-likeness (QED) is 0.542. The van der Waals surface area contributed by atoms with Gasteiger partial charge in [-0.15, -0.1) is 0 Å². The van der Waals surface area contributed by atoms with Gasteiger partial charge in [0.15, 0.2) is 0 Å². The molecule has 0 bridgehead atoms. The van der Waals surface area contributed by atoms with Crippen LogP contribution in [0.5, 0.6) is 0 Å². The lowest BCUT2D eigenvalue weighted by Crippen LogP contribution is -2.49. The van der Waals surface area contributed by atoms with E-state index < -0.39 is 5.82 Å². The fourth-order valence-corrected chi connectivity index (χ4v) is 4.57. The molecule has 1 amide bonds. The molecule has 3 aromatic rings. The average Bonchev–Trinajstić information content (AvgIpc) is 3.52. The summed E-state index contributed by atoms with van der Waals surface area (Å²) in [5.41, 5.74) is 4.07. The Hall–Kier alpha value is -3.30. The van der Waals surface area contributed by atoms with Crippen LogP contribution in [0.15, 0.2) is 43.0 Å². The number of amides is 1. The zero-order valence-corrected chi connectivity index (χ0v) is 20.3. The first-order valence-corrected chi connectivity index (χ1v) is 12.0. The van der Waals surface area contributed by atoms with Crippen molar-refractivity contribution in [2.24, 2.45) is 0 Å². The van der Waals surface area contributed by atoms with Crippen molar-refractivity contribution in [1.82, 2.24) is 25.0 Å². The number of halogens is 1. The van der Waals surface area contributed by atoms with Crippen molar-refractivity contribution in [3.8, 4) is 16.8 Å². The molecule has 1 aliphatic carbocycles. The standard InChI is InChI=1S/C26H31FN6O2/c1-16-8-23(27)22(26(34)31-18-4-5-18)10-21(16)17-11-29-33(14-17)20-9-19(12-28-13-20)30-24-6-7-32(2)15-25(24)35-3/h8-14,18,24-25,30H,4-7,15H2,1-3H3,(H,31,34). The molecule has 0 radical (unpaired) electrons. The van der Waals surface area contributed by atoms with E-state index in [1.165, 1.54) is 6.07 Å². The van der Waals surface area contributed by atoms with Crippen LogP contribution in [0.3, 0.4) is 0 Å². The maximum absolute atomic E-state index is 14.5. The molecule has 1 saturated carbocycles. The van der Waals surface area contributed by atoms with Crippen LogP contribution in [0.2, 0.25) is 0 Å². The molecular formula is C26H31FN6O2. The summed E-state index contributed by atoms with van der Waals surface area (Å²) < 4.78 is 22.0. The van der Waals surface area contributed by atoms with E-state index in [0.717, 1.165) is 60.4 Å². The van der Waals surface area contributed by atoms with Crippen molar-refractivity contribution in [3.05, 3.63) is 59.9 Å². The molecule has 2 fully saturated rings. The molecule has 8 nitrogen and oxygen atoms in total. The van der Waals surface area contributed by atoms with Crippen molar-refractivity contribution in [3.63, 3.8) is 0 Å². The van der Waals surface area contributed by atoms with Gasteiger partial charge in [-0.1, -0.05) is 0 Å². The van der Waals surface area contributed by atoms with Gasteiger partial charge in [0.05, 0.1) is 47.7 Å². The summed E-state index contributed by atoms with van der Waals surface area (Å²) in [7, 11) is 3.85. The third-order valence-electron chi connectivity index (χ3n) is 6.77. The summed E-state index contributed by atoms with van der Waals surface area (Å²) in [4.78, 5) is 19.2. The molecule has 2 aromatic heterocycles. The second kappa shape index (κ2) is 9.75. The van der Waals surface area contributed by atoms with Crippen molar-refractivity contribution in [2.75, 3.05) is 32.6 Å². The Morgan fingerprint density at radius 1 is 1.17 bits per heavy atom. The predicted molar refractivity (Wildman–Crippen MR) is 132 cm³/mol. The van der Waals surface area contributed by atoms with E-state index >= 15 is 0 Å². The summed E-state index contributed by atoms with van der Waals surface area (Å²) in [5, 5.41) is 10.9. The van der Waals surface area contributed by atoms with Crippen molar-refractivity contribution in [2.45, 2.75) is 44.4 Å². The number of carbonyl (C=O) groups excluding carboxylic acids is 1. The number of aromatic nitrogens is 3. The van der Waals surface area contributed by atoms with Crippen LogP contribution in [-0.4, -0.2) is 71.0 Å². The first-order valence-electron chi connectivity index (χ1n) is 12.0. The fourth-order valence-electron chi connectivity index (χ4n) is 4.57. The Bertz CT molecular complexity index is 1220. The number of pyridine rings is 1. The second-order valence-corrected chi connectivity index (χ2v) is 9.58. The van der Waals surface area contributed by atoms with E-state index in [1.54, 1.807) is 36.4 Å². The third kappa shape index (κ3) is 5.21. The highest BCUT2D eigenvalue weighted by molar-refractivity contribution is 5.96. The Morgan fingerprint density at radius 2 is 2.00 bits per heavy atom. The number of methoxy groups -OCH3 is 1. The zero-order valence-electron chi connectivity index (χ0n) is 20.3. The summed E-state index contributed by atoms with van der Waals surface area (Å²) in [5.74, 6) is -0.882. The van der Waals surface area contributed by atoms with E-state index in [2.05, 4.69) is 32.7 Å². The molecule has 0 spiro atoms. The molecule has 184 valence electrons. The van der Waals surface area contributed by atoms with E-state index in [1.807, 2.05) is 19.2 Å². The highest BCUT2D eigenvalue weighted by atomic mass is 19.1. The number of carbonyl (C=O) groups is 1. The lowest BCUT2D eigenvalue weighted by Gasteiger charge is -2.36. The number of benzene rings is 1. The maximum Gasteiger partial charge on any atom is 0.254 e. The number of aryl methyl sites for hydroxylation is 1. The van der Waals surface area contributed by atoms with Gasteiger partial charge < -0.3 is 20.3 Å². The van der Waals surface area contributed by atoms with Gasteiger partial charge in [0.25, 0.3) is 5.91 Å². The zero-order chi connectivity index (χ0) is 24.5. The summed E-state index contributed by atoms with van der Waals surface area (Å²) in [6.45, 7) is 3.71. The number of nitrogens with zero attached hydrogens (tertiary/aromatic N) is 4. The van der Waals surface area contributed by atoms with Crippen LogP contribution in [0.4, 0.5) is 10.1 Å². The molecule has 2 N–H and O–H groups in total. The summed E-state index contributed by atoms with van der Waals surface area (Å²) in [6.07, 6.45) is 10.1. The second-order valence-electron chi connectivity index (χ2n) is 9.58. The first-order chi connectivity index (χ1) is 16.9. The highest BCUT2D eigenvalue weighted by Gasteiger charge is 2.28. The normalized spacial score (nSPS) is 20.6. The number of piperidine rings is 1. The Kier molecular flexibility index (Phi) is 6.53. The minimum Gasteiger partial charge on any atom is -0.378 e. The van der Waals surface area contributed by atoms with Crippen LogP contribution in [0, 0.1) is 12.7 Å². The molecule has 1 aromatic carbocycles. The van der Waals surface area contributed by atoms with Crippen LogP contribution in [0.25, 0.3) is 16.8 Å². The minimum absolute atomic E-state index is 0.0592. The van der Waals surface area contributed by atoms with Gasteiger partial charge in [-0.3, -0.25) is 9.78 Å². The van der Waals surface area contributed by atoms with E-state index in [-0.39, 0.29) is 29.7 Å². The number of hydrogen-bond donors (Lipinski definition) is 2. The van der Waals surface area contributed by atoms with Crippen molar-refractivity contribution < 1.29 is 13.9 Å². The Labute approximate surface area is 204 Å². The molecule has 1 aliphatic heterocycles. The number of likely N-dealkylation sites (N-methyl/N-ethyl adjacent to an activating group) is 1. The van der Waals surface area contributed by atoms with Gasteiger partial charge in [0.1, 0.15) is 5.82 Å². The third-order valence-corrected chi connectivity index (χ3v) is 6.77. The number of hydrogen-bond acceptors (Lipinski definition) is 6. The average molecular weight is 479 g/mol. The molecule has 35 heavy (non-hydrogen) atoms. The van der Waals surface area contributed by atoms with E-state index in [4.69, 9.17) is 4.74 Å². The molecule has 2 atom stereocenters. The van der Waals surface area contributed by atoms with Crippen LogP contribution in [-0.2, 0) is 4.74 Å². The number of nitrogens with one attached hydrogen (secondary N) is 2. The summed E-state index contributed by atoms with van der Waals surface area (Å²) >= 11 is 0. The van der Waals surface area contributed by atoms with Gasteiger partial charge >= 0.3 is 0 Å². The number of rotatable bonds is 7. The fraction of sp³-hybridized carbons (Fsp3) is 0.423. The van der Waals surface area contributed by atoms with Gasteiger partial charge in [-0.25, -0.2) is 9.07 Å². The first kappa shape index (κ1) is 23.4. The largest absolute Gasteiger partial charge is 0.378 e. The van der Waals surface area contributed by atoms with Gasteiger partial charge in [-0.05, 0) is 69.1 Å². The minimum atomic E-state index is -0.511. The Balaban J connectivity index is 1.37. The predicted octanol–water partition coefficient (Wildman–Crippen LogP) is 3.41. The lowest BCUT2D eigenvalue weighted by molar-refractivity contribution is 0.0312. The molecule has 2 unspecified atom stereocenters. The van der Waals surface area contributed by atoms with Crippen molar-refractivity contribution in [1.29, 1.82) is 0 Å². The smallest absolute Gasteiger partial charge is 0.254 e. The molecule has 2 aliphatic rings. The molecule has 3 heterocycles. The number of likely N-dealkylation sites (tertiary alicyclic amines) is 1. The van der Waals surface area contributed by atoms with Gasteiger partial charge in [0.2, 0.25) is 0 Å². The topological polar surface area (TPSA) is 84.3 Å². The monoisotopic (exact) mass is 478 g/mol. The van der Waals surface area contributed by atoms with E-state index in [0.29, 0.717) is 0 Å². The van der Waals surface area contributed by atoms with E-state index in [9.17, 15) is 9.18 Å². The van der Waals surface area contributed by atoms with Crippen LogP contribution < -0.4 is 10.6 Å². The van der Waals surface area contributed by atoms with Crippen molar-refractivity contribution >= 4 is 11.6 Å². The molecule has 1 saturated heterocycles. The molecular weight excluding hydrogens is 447 g/mol. The van der Waals surface area contributed by atoms with Crippen LogP contribution in [0.1, 0.15) is 35.2 Å².